The third-order valence-electron chi connectivity index (χ3n) is 5.82. The van der Waals surface area contributed by atoms with Crippen molar-refractivity contribution in [2.45, 2.75) is 11.5 Å². The molecular weight excluding hydrogens is 455 g/mol. The average Bonchev–Trinajstić information content (AvgIpc) is 3.48. The predicted molar refractivity (Wildman–Crippen MR) is 112 cm³/mol. The summed E-state index contributed by atoms with van der Waals surface area (Å²) < 4.78 is 48.5. The maximum atomic E-state index is 14.7. The van der Waals surface area contributed by atoms with E-state index in [0.717, 1.165) is 19.2 Å². The van der Waals surface area contributed by atoms with E-state index in [1.807, 2.05) is 0 Å². The molecule has 1 unspecified atom stereocenters. The minimum atomic E-state index is -3.81. The summed E-state index contributed by atoms with van der Waals surface area (Å²) in [4.78, 5) is 31.5. The number of H-pyrrole nitrogens is 1. The molecule has 4 aromatic rings. The number of amides is 2. The van der Waals surface area contributed by atoms with Crippen molar-refractivity contribution < 1.29 is 32.4 Å². The summed E-state index contributed by atoms with van der Waals surface area (Å²) >= 11 is 0. The SMILES string of the molecule is CN1CC(F)(F)C(O)(c2cc(-c3ccc(F)c(-c4cc5c(C(N)=O)nccc5[nH]4)c3)no2)C1=O. The number of hydrogen-bond acceptors (Lipinski definition) is 6. The Kier molecular flexibility index (Phi) is 4.55. The maximum Gasteiger partial charge on any atom is 0.309 e. The molecule has 9 nitrogen and oxygen atoms in total. The number of aromatic amines is 1. The Morgan fingerprint density at radius 1 is 1.26 bits per heavy atom. The second-order valence-corrected chi connectivity index (χ2v) is 8.02. The monoisotopic (exact) mass is 471 g/mol. The number of nitrogens with two attached hydrogens (primary N) is 1. The molecule has 0 aliphatic carbocycles. The molecule has 3 aromatic heterocycles. The summed E-state index contributed by atoms with van der Waals surface area (Å²) in [7, 11) is 1.14. The molecule has 5 rings (SSSR count). The van der Waals surface area contributed by atoms with Gasteiger partial charge in [0.05, 0.1) is 6.54 Å². The second kappa shape index (κ2) is 7.15. The van der Waals surface area contributed by atoms with Gasteiger partial charge in [-0.2, -0.15) is 0 Å². The van der Waals surface area contributed by atoms with Gasteiger partial charge in [0.1, 0.15) is 17.2 Å². The summed E-state index contributed by atoms with van der Waals surface area (Å²) in [6.07, 6.45) is 1.38. The minimum absolute atomic E-state index is 0.00145. The molecule has 0 spiro atoms. The van der Waals surface area contributed by atoms with E-state index in [1.54, 1.807) is 6.07 Å². The van der Waals surface area contributed by atoms with E-state index in [4.69, 9.17) is 10.3 Å². The molecule has 1 saturated heterocycles. The van der Waals surface area contributed by atoms with E-state index in [1.165, 1.54) is 24.4 Å². The van der Waals surface area contributed by atoms with Crippen LogP contribution in [0.1, 0.15) is 16.2 Å². The van der Waals surface area contributed by atoms with E-state index >= 15 is 0 Å². The van der Waals surface area contributed by atoms with Crippen LogP contribution in [0, 0.1) is 5.82 Å². The molecule has 4 heterocycles. The van der Waals surface area contributed by atoms with Gasteiger partial charge < -0.3 is 25.2 Å². The zero-order chi connectivity index (χ0) is 24.4. The van der Waals surface area contributed by atoms with Crippen molar-refractivity contribution in [3.05, 3.63) is 59.9 Å². The number of aromatic nitrogens is 3. The first kappa shape index (κ1) is 21.6. The number of likely N-dealkylation sites (N-methyl/N-ethyl adjacent to an activating group) is 1. The summed E-state index contributed by atoms with van der Waals surface area (Å²) in [5.41, 5.74) is 3.30. The summed E-state index contributed by atoms with van der Waals surface area (Å²) in [6.45, 7) is -0.985. The Morgan fingerprint density at radius 2 is 2.03 bits per heavy atom. The van der Waals surface area contributed by atoms with E-state index in [-0.39, 0.29) is 22.5 Å². The number of rotatable bonds is 4. The fraction of sp³-hybridized carbons (Fsp3) is 0.182. The molecule has 0 radical (unpaired) electrons. The number of alkyl halides is 2. The molecule has 12 heteroatoms. The molecule has 1 aliphatic rings. The maximum absolute atomic E-state index is 14.7. The van der Waals surface area contributed by atoms with Crippen LogP contribution in [-0.4, -0.2) is 56.5 Å². The van der Waals surface area contributed by atoms with Crippen LogP contribution in [0.2, 0.25) is 0 Å². The van der Waals surface area contributed by atoms with Crippen LogP contribution >= 0.6 is 0 Å². The molecule has 2 amide bonds. The lowest BCUT2D eigenvalue weighted by molar-refractivity contribution is -0.179. The number of halogens is 3. The number of fused-ring (bicyclic) bond motifs is 1. The largest absolute Gasteiger partial charge is 0.368 e. The molecule has 174 valence electrons. The van der Waals surface area contributed by atoms with Crippen molar-refractivity contribution in [3.63, 3.8) is 0 Å². The van der Waals surface area contributed by atoms with Crippen molar-refractivity contribution in [3.8, 4) is 22.5 Å². The van der Waals surface area contributed by atoms with Gasteiger partial charge in [0, 0.05) is 47.0 Å². The number of hydrogen-bond donors (Lipinski definition) is 3. The Morgan fingerprint density at radius 3 is 2.71 bits per heavy atom. The normalized spacial score (nSPS) is 19.8. The van der Waals surface area contributed by atoms with Crippen LogP contribution in [0.15, 0.2) is 47.1 Å². The third-order valence-corrected chi connectivity index (χ3v) is 5.82. The highest BCUT2D eigenvalue weighted by atomic mass is 19.3. The molecule has 4 N–H and O–H groups in total. The first-order valence-electron chi connectivity index (χ1n) is 9.93. The van der Waals surface area contributed by atoms with Crippen LogP contribution in [-0.2, 0) is 10.4 Å². The van der Waals surface area contributed by atoms with Crippen LogP contribution in [0.3, 0.4) is 0 Å². The van der Waals surface area contributed by atoms with E-state index in [9.17, 15) is 27.9 Å². The molecule has 1 atom stereocenters. The predicted octanol–water partition coefficient (Wildman–Crippen LogP) is 2.42. The average molecular weight is 471 g/mol. The number of primary amides is 1. The number of carbonyl (C=O) groups is 2. The first-order chi connectivity index (χ1) is 16.0. The van der Waals surface area contributed by atoms with Gasteiger partial charge in [-0.3, -0.25) is 14.6 Å². The molecule has 34 heavy (non-hydrogen) atoms. The topological polar surface area (TPSA) is 138 Å². The van der Waals surface area contributed by atoms with Crippen molar-refractivity contribution in [2.24, 2.45) is 5.73 Å². The fourth-order valence-electron chi connectivity index (χ4n) is 4.07. The standard InChI is InChI=1S/C22H16F3N5O4/c1-30-9-21(24,25)22(33,20(30)32)17-8-15(29-34-17)10-2-3-13(23)11(6-10)16-7-12-14(28-16)4-5-27-18(12)19(26)31/h2-8,28,33H,9H2,1H3,(H2,26,31). The van der Waals surface area contributed by atoms with E-state index in [2.05, 4.69) is 15.1 Å². The lowest BCUT2D eigenvalue weighted by Gasteiger charge is -2.22. The lowest BCUT2D eigenvalue weighted by atomic mass is 9.94. The van der Waals surface area contributed by atoms with E-state index < -0.39 is 41.5 Å². The number of aliphatic hydroxyl groups is 1. The molecule has 1 aliphatic heterocycles. The van der Waals surface area contributed by atoms with Crippen molar-refractivity contribution in [2.75, 3.05) is 13.6 Å². The van der Waals surface area contributed by atoms with E-state index in [0.29, 0.717) is 21.5 Å². The highest BCUT2D eigenvalue weighted by Crippen LogP contribution is 2.45. The van der Waals surface area contributed by atoms with Crippen molar-refractivity contribution >= 4 is 22.7 Å². The van der Waals surface area contributed by atoms with Crippen molar-refractivity contribution in [1.29, 1.82) is 0 Å². The van der Waals surface area contributed by atoms with Crippen LogP contribution in [0.25, 0.3) is 33.4 Å². The Labute approximate surface area is 189 Å². The zero-order valence-corrected chi connectivity index (χ0v) is 17.5. The molecule has 0 bridgehead atoms. The number of carbonyl (C=O) groups excluding carboxylic acids is 2. The number of likely N-dealkylation sites (tertiary alicyclic amines) is 1. The number of nitrogens with zero attached hydrogens (tertiary/aromatic N) is 3. The number of benzene rings is 1. The minimum Gasteiger partial charge on any atom is -0.368 e. The smallest absolute Gasteiger partial charge is 0.309 e. The molecular formula is C22H16F3N5O4. The van der Waals surface area contributed by atoms with Crippen LogP contribution in [0.4, 0.5) is 13.2 Å². The highest BCUT2D eigenvalue weighted by Gasteiger charge is 2.68. The molecule has 0 saturated carbocycles. The van der Waals surface area contributed by atoms with Gasteiger partial charge in [0.25, 0.3) is 17.4 Å². The van der Waals surface area contributed by atoms with Gasteiger partial charge in [-0.15, -0.1) is 0 Å². The van der Waals surface area contributed by atoms with Gasteiger partial charge in [-0.05, 0) is 30.3 Å². The first-order valence-corrected chi connectivity index (χ1v) is 9.93. The van der Waals surface area contributed by atoms with Gasteiger partial charge in [0.15, 0.2) is 5.76 Å². The Bertz CT molecular complexity index is 1480. The molecule has 1 aromatic carbocycles. The Hall–Kier alpha value is -4.19. The quantitative estimate of drug-likeness (QED) is 0.418. The zero-order valence-electron chi connectivity index (χ0n) is 17.5. The van der Waals surface area contributed by atoms with Crippen molar-refractivity contribution in [1.82, 2.24) is 20.0 Å². The van der Waals surface area contributed by atoms with Gasteiger partial charge >= 0.3 is 5.92 Å². The Balaban J connectivity index is 1.57. The summed E-state index contributed by atoms with van der Waals surface area (Å²) in [6, 6.07) is 7.97. The lowest BCUT2D eigenvalue weighted by Crippen LogP contribution is -2.46. The van der Waals surface area contributed by atoms with Crippen LogP contribution < -0.4 is 5.73 Å². The fourth-order valence-corrected chi connectivity index (χ4v) is 4.07. The molecule has 1 fully saturated rings. The van der Waals surface area contributed by atoms with Gasteiger partial charge in [0.2, 0.25) is 0 Å². The summed E-state index contributed by atoms with van der Waals surface area (Å²) in [5.74, 6) is -7.12. The summed E-state index contributed by atoms with van der Waals surface area (Å²) in [5, 5.41) is 14.6. The van der Waals surface area contributed by atoms with Gasteiger partial charge in [-0.25, -0.2) is 13.2 Å². The number of pyridine rings is 1. The number of nitrogens with one attached hydrogen (secondary N) is 1. The van der Waals surface area contributed by atoms with Gasteiger partial charge in [-0.1, -0.05) is 5.16 Å². The van der Waals surface area contributed by atoms with Crippen LogP contribution in [0.5, 0.6) is 0 Å². The second-order valence-electron chi connectivity index (χ2n) is 8.02. The third kappa shape index (κ3) is 2.99. The highest BCUT2D eigenvalue weighted by molar-refractivity contribution is 6.05.